The van der Waals surface area contributed by atoms with Crippen molar-refractivity contribution >= 4 is 27.6 Å². The van der Waals surface area contributed by atoms with E-state index in [1.807, 2.05) is 0 Å². The van der Waals surface area contributed by atoms with Crippen LogP contribution in [0, 0.1) is 40.7 Å². The highest BCUT2D eigenvalue weighted by molar-refractivity contribution is 7.89. The summed E-state index contributed by atoms with van der Waals surface area (Å²) in [6.07, 6.45) is 5.19. The zero-order valence-electron chi connectivity index (χ0n) is 27.9. The van der Waals surface area contributed by atoms with Gasteiger partial charge in [0.05, 0.1) is 12.1 Å². The standard InChI is InChI=1S/C37H33F7N2O5S/c1-21(45(2)52(49,50)35-32(43)30(41)29(40)31(42)33(35)44)36(47)46(19-22-13-15-25(16-14-22)24-11-7-4-8-12-24)34-27(38)17-26(18-28(34)39)37(48)51-20-23-9-5-3-6-10-23/h3,5-6,9-10,13-18,21,24H,4,7-8,11-12,19-20H2,1-2H3/t21-/m1/s1. The van der Waals surface area contributed by atoms with Crippen LogP contribution in [-0.2, 0) is 32.7 Å². The van der Waals surface area contributed by atoms with E-state index >= 15 is 8.78 Å². The molecule has 0 bridgehead atoms. The Morgan fingerprint density at radius 3 is 1.87 bits per heavy atom. The first-order chi connectivity index (χ1) is 24.6. The summed E-state index contributed by atoms with van der Waals surface area (Å²) in [6.45, 7) is 0.125. The smallest absolute Gasteiger partial charge is 0.338 e. The molecule has 0 heterocycles. The number of halogens is 7. The Bertz CT molecular complexity index is 2020. The molecule has 1 aliphatic carbocycles. The van der Waals surface area contributed by atoms with Crippen LogP contribution in [0.25, 0.3) is 0 Å². The lowest BCUT2D eigenvalue weighted by molar-refractivity contribution is -0.121. The number of likely N-dealkylation sites (N-methyl/N-ethyl adjacent to an activating group) is 1. The van der Waals surface area contributed by atoms with Crippen LogP contribution in [0.4, 0.5) is 36.4 Å². The third-order valence-corrected chi connectivity index (χ3v) is 11.1. The van der Waals surface area contributed by atoms with Crippen LogP contribution >= 0.6 is 0 Å². The van der Waals surface area contributed by atoms with Crippen molar-refractivity contribution in [3.05, 3.63) is 130 Å². The highest BCUT2D eigenvalue weighted by Crippen LogP contribution is 2.34. The van der Waals surface area contributed by atoms with Crippen molar-refractivity contribution in [1.82, 2.24) is 4.31 Å². The van der Waals surface area contributed by atoms with Crippen molar-refractivity contribution < 1.29 is 53.5 Å². The predicted octanol–water partition coefficient (Wildman–Crippen LogP) is 8.31. The second-order valence-electron chi connectivity index (χ2n) is 12.4. The van der Waals surface area contributed by atoms with Crippen molar-refractivity contribution in [2.75, 3.05) is 11.9 Å². The van der Waals surface area contributed by atoms with E-state index in [1.54, 1.807) is 54.6 Å². The van der Waals surface area contributed by atoms with E-state index in [2.05, 4.69) is 0 Å². The summed E-state index contributed by atoms with van der Waals surface area (Å²) in [6, 6.07) is 14.5. The third kappa shape index (κ3) is 7.84. The van der Waals surface area contributed by atoms with Crippen LogP contribution in [0.3, 0.4) is 0 Å². The fourth-order valence-corrected chi connectivity index (χ4v) is 7.50. The number of ether oxygens (including phenoxy) is 1. The van der Waals surface area contributed by atoms with E-state index in [1.165, 1.54) is 0 Å². The van der Waals surface area contributed by atoms with Gasteiger partial charge < -0.3 is 9.64 Å². The third-order valence-electron chi connectivity index (χ3n) is 9.11. The Kier molecular flexibility index (Phi) is 11.7. The number of esters is 1. The fraction of sp³-hybridized carbons (Fsp3) is 0.297. The van der Waals surface area contributed by atoms with Crippen molar-refractivity contribution in [1.29, 1.82) is 0 Å². The minimum atomic E-state index is -5.64. The average molecular weight is 751 g/mol. The van der Waals surface area contributed by atoms with Crippen LogP contribution < -0.4 is 4.90 Å². The van der Waals surface area contributed by atoms with Gasteiger partial charge in [-0.15, -0.1) is 0 Å². The summed E-state index contributed by atoms with van der Waals surface area (Å²) < 4.78 is 134. The molecule has 7 nitrogen and oxygen atoms in total. The van der Waals surface area contributed by atoms with Crippen LogP contribution in [0.2, 0.25) is 0 Å². The number of rotatable bonds is 11. The van der Waals surface area contributed by atoms with Gasteiger partial charge in [-0.2, -0.15) is 4.31 Å². The molecule has 276 valence electrons. The zero-order chi connectivity index (χ0) is 37.9. The molecule has 0 aromatic heterocycles. The Morgan fingerprint density at radius 2 is 1.31 bits per heavy atom. The second kappa shape index (κ2) is 15.9. The molecule has 1 amide bonds. The molecular weight excluding hydrogens is 717 g/mol. The highest BCUT2D eigenvalue weighted by atomic mass is 32.2. The number of benzene rings is 4. The van der Waals surface area contributed by atoms with Gasteiger partial charge in [0, 0.05) is 7.05 Å². The number of carbonyl (C=O) groups excluding carboxylic acids is 2. The maximum absolute atomic E-state index is 15.9. The molecule has 4 aromatic rings. The minimum Gasteiger partial charge on any atom is -0.457 e. The van der Waals surface area contributed by atoms with Crippen molar-refractivity contribution in [3.8, 4) is 0 Å². The maximum Gasteiger partial charge on any atom is 0.338 e. The Hall–Kier alpha value is -4.76. The highest BCUT2D eigenvalue weighted by Gasteiger charge is 2.40. The molecule has 0 N–H and O–H groups in total. The number of sulfonamides is 1. The summed E-state index contributed by atoms with van der Waals surface area (Å²) in [5.74, 6) is -18.0. The molecular formula is C37H33F7N2O5S. The number of carbonyl (C=O) groups is 2. The van der Waals surface area contributed by atoms with Crippen molar-refractivity contribution in [2.45, 2.75) is 69.0 Å². The first kappa shape index (κ1) is 38.5. The number of amides is 1. The molecule has 1 aliphatic rings. The average Bonchev–Trinajstić information content (AvgIpc) is 3.14. The van der Waals surface area contributed by atoms with Crippen LogP contribution in [0.5, 0.6) is 0 Å². The molecule has 1 fully saturated rings. The van der Waals surface area contributed by atoms with E-state index in [0.29, 0.717) is 41.1 Å². The summed E-state index contributed by atoms with van der Waals surface area (Å²) >= 11 is 0. The normalized spacial score (nSPS) is 14.3. The largest absolute Gasteiger partial charge is 0.457 e. The number of hydrogen-bond donors (Lipinski definition) is 0. The quantitative estimate of drug-likeness (QED) is 0.0667. The lowest BCUT2D eigenvalue weighted by Crippen LogP contribution is -2.48. The fourth-order valence-electron chi connectivity index (χ4n) is 6.07. The molecule has 1 saturated carbocycles. The summed E-state index contributed by atoms with van der Waals surface area (Å²) in [4.78, 5) is 25.1. The first-order valence-corrected chi connectivity index (χ1v) is 17.7. The van der Waals surface area contributed by atoms with Gasteiger partial charge in [-0.1, -0.05) is 73.9 Å². The van der Waals surface area contributed by atoms with Gasteiger partial charge >= 0.3 is 5.97 Å². The lowest BCUT2D eigenvalue weighted by atomic mass is 9.84. The molecule has 5 rings (SSSR count). The van der Waals surface area contributed by atoms with Gasteiger partial charge in [0.15, 0.2) is 39.8 Å². The van der Waals surface area contributed by atoms with Crippen LogP contribution in [0.1, 0.15) is 72.0 Å². The predicted molar refractivity (Wildman–Crippen MR) is 176 cm³/mol. The van der Waals surface area contributed by atoms with Crippen LogP contribution in [0.15, 0.2) is 71.6 Å². The molecule has 0 radical (unpaired) electrons. The Morgan fingerprint density at radius 1 is 0.769 bits per heavy atom. The lowest BCUT2D eigenvalue weighted by Gasteiger charge is -2.31. The Labute approximate surface area is 295 Å². The molecule has 0 spiro atoms. The molecule has 52 heavy (non-hydrogen) atoms. The number of anilines is 1. The monoisotopic (exact) mass is 750 g/mol. The van der Waals surface area contributed by atoms with E-state index < -0.39 is 91.4 Å². The molecule has 4 aromatic carbocycles. The summed E-state index contributed by atoms with van der Waals surface area (Å²) in [7, 11) is -5.01. The molecule has 0 unspecified atom stereocenters. The second-order valence-corrected chi connectivity index (χ2v) is 14.4. The molecule has 15 heteroatoms. The van der Waals surface area contributed by atoms with Gasteiger partial charge in [0.1, 0.15) is 18.3 Å². The minimum absolute atomic E-state index is 0.0257. The van der Waals surface area contributed by atoms with Gasteiger partial charge in [0.2, 0.25) is 21.7 Å². The van der Waals surface area contributed by atoms with Crippen molar-refractivity contribution in [2.24, 2.45) is 0 Å². The van der Waals surface area contributed by atoms with Gasteiger partial charge in [0.25, 0.3) is 0 Å². The summed E-state index contributed by atoms with van der Waals surface area (Å²) in [5, 5.41) is 0. The zero-order valence-corrected chi connectivity index (χ0v) is 28.8. The topological polar surface area (TPSA) is 84.0 Å². The Balaban J connectivity index is 1.50. The van der Waals surface area contributed by atoms with E-state index in [0.717, 1.165) is 44.6 Å². The van der Waals surface area contributed by atoms with Gasteiger partial charge in [-0.05, 0) is 54.5 Å². The van der Waals surface area contributed by atoms with Crippen molar-refractivity contribution in [3.63, 3.8) is 0 Å². The SMILES string of the molecule is C[C@H](C(=O)N(Cc1ccc(C2CCCCC2)cc1)c1c(F)cc(C(=O)OCc2ccccc2)cc1F)N(C)S(=O)(=O)c1c(F)c(F)c(F)c(F)c1F. The summed E-state index contributed by atoms with van der Waals surface area (Å²) in [5.41, 5.74) is 0.404. The number of hydrogen-bond acceptors (Lipinski definition) is 5. The molecule has 0 saturated heterocycles. The van der Waals surface area contributed by atoms with E-state index in [-0.39, 0.29) is 10.9 Å². The molecule has 1 atom stereocenters. The van der Waals surface area contributed by atoms with Gasteiger partial charge in [-0.25, -0.2) is 43.9 Å². The first-order valence-electron chi connectivity index (χ1n) is 16.2. The van der Waals surface area contributed by atoms with E-state index in [9.17, 15) is 40.0 Å². The maximum atomic E-state index is 15.9. The number of nitrogens with zero attached hydrogens (tertiary/aromatic N) is 2. The van der Waals surface area contributed by atoms with Crippen LogP contribution in [-0.4, -0.2) is 37.7 Å². The van der Waals surface area contributed by atoms with Gasteiger partial charge in [-0.3, -0.25) is 4.79 Å². The molecule has 0 aliphatic heterocycles. The van der Waals surface area contributed by atoms with E-state index in [4.69, 9.17) is 4.74 Å².